The molecule has 5 nitrogen and oxygen atoms in total. The number of rotatable bonds is 7. The monoisotopic (exact) mass is 481 g/mol. The highest BCUT2D eigenvalue weighted by Gasteiger charge is 2.27. The van der Waals surface area contributed by atoms with Gasteiger partial charge >= 0.3 is 0 Å². The van der Waals surface area contributed by atoms with Gasteiger partial charge in [-0.2, -0.15) is 8.78 Å². The molecule has 13 heteroatoms. The second-order valence-corrected chi connectivity index (χ2v) is 8.10. The first-order chi connectivity index (χ1) is 14.3. The summed E-state index contributed by atoms with van der Waals surface area (Å²) in [6.45, 7) is -1.01. The molecule has 158 valence electrons. The lowest BCUT2D eigenvalue weighted by atomic mass is 10.2. The van der Waals surface area contributed by atoms with Crippen LogP contribution in [-0.2, 0) is 10.5 Å². The van der Waals surface area contributed by atoms with E-state index in [0.717, 1.165) is 16.9 Å². The van der Waals surface area contributed by atoms with Crippen molar-refractivity contribution < 1.29 is 31.5 Å². The quantitative estimate of drug-likeness (QED) is 0.165. The Labute approximate surface area is 179 Å². The zero-order valence-electron chi connectivity index (χ0n) is 14.5. The van der Waals surface area contributed by atoms with Gasteiger partial charge < -0.3 is 4.74 Å². The first-order valence-corrected chi connectivity index (χ1v) is 10.1. The molecule has 0 atom stereocenters. The van der Waals surface area contributed by atoms with Crippen LogP contribution in [0.4, 0.5) is 27.1 Å². The number of hydrogen-bond acceptors (Lipinski definition) is 6. The van der Waals surface area contributed by atoms with E-state index in [1.165, 1.54) is 11.8 Å². The first kappa shape index (κ1) is 22.2. The highest BCUT2D eigenvalue weighted by atomic mass is 35.5. The van der Waals surface area contributed by atoms with Gasteiger partial charge in [0.15, 0.2) is 16.7 Å². The minimum atomic E-state index is -2.32. The molecule has 0 aliphatic heterocycles. The Morgan fingerprint density at radius 1 is 1.03 bits per heavy atom. The lowest BCUT2D eigenvalue weighted by Crippen LogP contribution is -2.21. The predicted molar refractivity (Wildman–Crippen MR) is 101 cm³/mol. The number of anilines is 1. The molecular formula is C17H9ClF5N3O2S2. The molecule has 1 heterocycles. The molecule has 0 bridgehead atoms. The smallest absolute Gasteiger partial charge is 0.264 e. The van der Waals surface area contributed by atoms with Gasteiger partial charge in [-0.1, -0.05) is 52.9 Å². The molecule has 0 saturated heterocycles. The standard InChI is InChI=1S/C17H9ClF5N3O2S2/c18-8-4-2-1-3-7(8)6-29-17-26-25-16(30-17)24-9(27)5-28-15-13(22)11(20)10(19)12(21)14(15)23/h1-4H,5-6H2,(H,24,25,27). The molecule has 0 saturated carbocycles. The maximum Gasteiger partial charge on any atom is 0.264 e. The van der Waals surface area contributed by atoms with Gasteiger partial charge in [0.2, 0.25) is 34.2 Å². The normalized spacial score (nSPS) is 10.9. The molecule has 0 fully saturated rings. The first-order valence-electron chi connectivity index (χ1n) is 7.91. The van der Waals surface area contributed by atoms with Crippen LogP contribution in [-0.4, -0.2) is 22.7 Å². The third-order valence-corrected chi connectivity index (χ3v) is 5.87. The number of nitrogens with zero attached hydrogens (tertiary/aromatic N) is 2. The van der Waals surface area contributed by atoms with Crippen molar-refractivity contribution in [3.63, 3.8) is 0 Å². The summed E-state index contributed by atoms with van der Waals surface area (Å²) in [6.07, 6.45) is 0. The SMILES string of the molecule is O=C(COc1c(F)c(F)c(F)c(F)c1F)Nc1nnc(SCc2ccccc2Cl)s1. The van der Waals surface area contributed by atoms with Gasteiger partial charge in [0.1, 0.15) is 0 Å². The summed E-state index contributed by atoms with van der Waals surface area (Å²) < 4.78 is 71.3. The van der Waals surface area contributed by atoms with Crippen molar-refractivity contribution in [2.45, 2.75) is 10.1 Å². The molecule has 1 aromatic heterocycles. The zero-order chi connectivity index (χ0) is 21.8. The number of aromatic nitrogens is 2. The molecule has 3 aromatic rings. The minimum Gasteiger partial charge on any atom is -0.477 e. The molecule has 0 radical (unpaired) electrons. The number of carbonyl (C=O) groups is 1. The highest BCUT2D eigenvalue weighted by Crippen LogP contribution is 2.31. The molecule has 1 amide bonds. The number of ether oxygens (including phenoxy) is 1. The van der Waals surface area contributed by atoms with Crippen LogP contribution in [0.1, 0.15) is 5.56 Å². The minimum absolute atomic E-state index is 0.0580. The molecule has 0 aliphatic rings. The molecule has 0 unspecified atom stereocenters. The Morgan fingerprint density at radius 2 is 1.67 bits per heavy atom. The van der Waals surface area contributed by atoms with Gasteiger partial charge in [0.05, 0.1) is 0 Å². The molecule has 30 heavy (non-hydrogen) atoms. The largest absolute Gasteiger partial charge is 0.477 e. The van der Waals surface area contributed by atoms with Gasteiger partial charge in [-0.05, 0) is 11.6 Å². The van der Waals surface area contributed by atoms with E-state index >= 15 is 0 Å². The second-order valence-electron chi connectivity index (χ2n) is 5.49. The van der Waals surface area contributed by atoms with Crippen LogP contribution in [0, 0.1) is 29.1 Å². The van der Waals surface area contributed by atoms with Crippen molar-refractivity contribution >= 4 is 45.7 Å². The number of halogens is 6. The molecule has 3 rings (SSSR count). The summed E-state index contributed by atoms with van der Waals surface area (Å²) in [7, 11) is 0. The lowest BCUT2D eigenvalue weighted by Gasteiger charge is -2.09. The van der Waals surface area contributed by atoms with Crippen molar-refractivity contribution in [2.24, 2.45) is 0 Å². The van der Waals surface area contributed by atoms with E-state index in [2.05, 4.69) is 20.3 Å². The predicted octanol–water partition coefficient (Wildman–Crippen LogP) is 5.20. The van der Waals surface area contributed by atoms with Crippen LogP contribution in [0.15, 0.2) is 28.6 Å². The van der Waals surface area contributed by atoms with Crippen LogP contribution in [0.25, 0.3) is 0 Å². The van der Waals surface area contributed by atoms with Crippen LogP contribution in [0.2, 0.25) is 5.02 Å². The lowest BCUT2D eigenvalue weighted by molar-refractivity contribution is -0.118. The maximum absolute atomic E-state index is 13.5. The number of amides is 1. The summed E-state index contributed by atoms with van der Waals surface area (Å²) in [4.78, 5) is 11.9. The number of benzene rings is 2. The average molecular weight is 482 g/mol. The Kier molecular flexibility index (Phi) is 7.10. The summed E-state index contributed by atoms with van der Waals surface area (Å²) in [5.74, 6) is -13.0. The number of nitrogens with one attached hydrogen (secondary N) is 1. The topological polar surface area (TPSA) is 64.1 Å². The zero-order valence-corrected chi connectivity index (χ0v) is 16.9. The van der Waals surface area contributed by atoms with Crippen LogP contribution in [0.3, 0.4) is 0 Å². The van der Waals surface area contributed by atoms with Crippen LogP contribution >= 0.6 is 34.7 Å². The van der Waals surface area contributed by atoms with Gasteiger partial charge in [-0.3, -0.25) is 10.1 Å². The van der Waals surface area contributed by atoms with Crippen molar-refractivity contribution in [3.05, 3.63) is 63.9 Å². The Hall–Kier alpha value is -2.44. The van der Waals surface area contributed by atoms with Gasteiger partial charge in [0.25, 0.3) is 5.91 Å². The number of thioether (sulfide) groups is 1. The molecule has 1 N–H and O–H groups in total. The van der Waals surface area contributed by atoms with Crippen molar-refractivity contribution in [1.82, 2.24) is 10.2 Å². The third-order valence-electron chi connectivity index (χ3n) is 3.48. The fourth-order valence-electron chi connectivity index (χ4n) is 2.08. The van der Waals surface area contributed by atoms with Gasteiger partial charge in [0, 0.05) is 10.8 Å². The van der Waals surface area contributed by atoms with E-state index in [4.69, 9.17) is 11.6 Å². The van der Waals surface area contributed by atoms with Crippen molar-refractivity contribution in [1.29, 1.82) is 0 Å². The summed E-state index contributed by atoms with van der Waals surface area (Å²) in [5.41, 5.74) is 0.876. The van der Waals surface area contributed by atoms with E-state index in [1.807, 2.05) is 12.1 Å². The van der Waals surface area contributed by atoms with Crippen LogP contribution in [0.5, 0.6) is 5.75 Å². The third kappa shape index (κ3) is 4.99. The summed E-state index contributed by atoms with van der Waals surface area (Å²) in [5, 5.41) is 10.5. The fraction of sp³-hybridized carbons (Fsp3) is 0.118. The maximum atomic E-state index is 13.5. The van der Waals surface area contributed by atoms with Gasteiger partial charge in [-0.25, -0.2) is 13.2 Å². The van der Waals surface area contributed by atoms with Gasteiger partial charge in [-0.15, -0.1) is 10.2 Å². The molecule has 0 aliphatic carbocycles. The van der Waals surface area contributed by atoms with E-state index in [9.17, 15) is 26.7 Å². The Bertz CT molecular complexity index is 1070. The number of hydrogen-bond donors (Lipinski definition) is 1. The van der Waals surface area contributed by atoms with Crippen LogP contribution < -0.4 is 10.1 Å². The molecule has 2 aromatic carbocycles. The Morgan fingerprint density at radius 3 is 2.33 bits per heavy atom. The molecular weight excluding hydrogens is 473 g/mol. The van der Waals surface area contributed by atoms with Crippen molar-refractivity contribution in [3.8, 4) is 5.75 Å². The van der Waals surface area contributed by atoms with Crippen molar-refractivity contribution in [2.75, 3.05) is 11.9 Å². The summed E-state index contributed by atoms with van der Waals surface area (Å²) >= 11 is 8.39. The second kappa shape index (κ2) is 9.58. The number of carbonyl (C=O) groups excluding carboxylic acids is 1. The van der Waals surface area contributed by atoms with E-state index in [1.54, 1.807) is 12.1 Å². The Balaban J connectivity index is 1.57. The summed E-state index contributed by atoms with van der Waals surface area (Å²) in [6, 6.07) is 7.21. The van der Waals surface area contributed by atoms with E-state index in [-0.39, 0.29) is 5.13 Å². The highest BCUT2D eigenvalue weighted by molar-refractivity contribution is 8.00. The fourth-order valence-corrected chi connectivity index (χ4v) is 4.13. The van der Waals surface area contributed by atoms with E-state index < -0.39 is 47.3 Å². The van der Waals surface area contributed by atoms with E-state index in [0.29, 0.717) is 15.1 Å². The average Bonchev–Trinajstić information content (AvgIpc) is 3.17. The molecule has 0 spiro atoms.